The maximum absolute atomic E-state index is 13.0. The summed E-state index contributed by atoms with van der Waals surface area (Å²) >= 11 is 0. The van der Waals surface area contributed by atoms with Crippen molar-refractivity contribution in [3.05, 3.63) is 18.1 Å². The molecule has 1 saturated heterocycles. The Morgan fingerprint density at radius 3 is 2.44 bits per heavy atom. The number of amides is 2. The molecule has 2 fully saturated rings. The standard InChI is InChI=1S/C20H31N5O2/c1-15(26)24-8-9-25(20(27)17-6-4-5-7-17)13-16(12-24)10-18-11-19(23(2)3)22-14-21-18/h11,14,16-17H,4-10,12-13H2,1-3H3/t16-/m1/s1. The van der Waals surface area contributed by atoms with E-state index >= 15 is 0 Å². The first-order chi connectivity index (χ1) is 12.9. The highest BCUT2D eigenvalue weighted by molar-refractivity contribution is 5.79. The number of aromatic nitrogens is 2. The van der Waals surface area contributed by atoms with Crippen LogP contribution in [-0.2, 0) is 16.0 Å². The molecule has 1 aliphatic carbocycles. The van der Waals surface area contributed by atoms with E-state index < -0.39 is 0 Å². The van der Waals surface area contributed by atoms with Crippen molar-refractivity contribution < 1.29 is 9.59 Å². The van der Waals surface area contributed by atoms with Gasteiger partial charge in [0.05, 0.1) is 0 Å². The third kappa shape index (κ3) is 4.96. The summed E-state index contributed by atoms with van der Waals surface area (Å²) in [6.07, 6.45) is 6.65. The van der Waals surface area contributed by atoms with Gasteiger partial charge in [0, 0.05) is 64.9 Å². The lowest BCUT2D eigenvalue weighted by Crippen LogP contribution is -2.39. The minimum atomic E-state index is 0.0758. The third-order valence-corrected chi connectivity index (χ3v) is 5.72. The van der Waals surface area contributed by atoms with Crippen LogP contribution in [-0.4, -0.2) is 71.9 Å². The summed E-state index contributed by atoms with van der Waals surface area (Å²) < 4.78 is 0. The van der Waals surface area contributed by atoms with Gasteiger partial charge >= 0.3 is 0 Å². The third-order valence-electron chi connectivity index (χ3n) is 5.72. The molecule has 1 aromatic rings. The molecule has 27 heavy (non-hydrogen) atoms. The molecule has 2 heterocycles. The fraction of sp³-hybridized carbons (Fsp3) is 0.700. The summed E-state index contributed by atoms with van der Waals surface area (Å²) in [5.74, 6) is 1.59. The van der Waals surface area contributed by atoms with Crippen LogP contribution in [0, 0.1) is 11.8 Å². The van der Waals surface area contributed by atoms with Crippen molar-refractivity contribution in [2.45, 2.75) is 39.0 Å². The van der Waals surface area contributed by atoms with Gasteiger partial charge in [-0.1, -0.05) is 12.8 Å². The molecular weight excluding hydrogens is 342 g/mol. The monoisotopic (exact) mass is 373 g/mol. The maximum Gasteiger partial charge on any atom is 0.225 e. The minimum absolute atomic E-state index is 0.0758. The molecule has 0 aromatic carbocycles. The molecule has 7 nitrogen and oxygen atoms in total. The topological polar surface area (TPSA) is 69.6 Å². The average molecular weight is 374 g/mol. The van der Waals surface area contributed by atoms with Crippen LogP contribution in [0.3, 0.4) is 0 Å². The van der Waals surface area contributed by atoms with Gasteiger partial charge in [0.1, 0.15) is 12.1 Å². The second-order valence-corrected chi connectivity index (χ2v) is 8.06. The van der Waals surface area contributed by atoms with Gasteiger partial charge in [0.15, 0.2) is 0 Å². The van der Waals surface area contributed by atoms with Crippen LogP contribution in [0.25, 0.3) is 0 Å². The van der Waals surface area contributed by atoms with Gasteiger partial charge in [-0.05, 0) is 25.2 Å². The quantitative estimate of drug-likeness (QED) is 0.801. The number of anilines is 1. The molecule has 7 heteroatoms. The van der Waals surface area contributed by atoms with Crippen LogP contribution in [0.5, 0.6) is 0 Å². The fourth-order valence-electron chi connectivity index (χ4n) is 4.19. The largest absolute Gasteiger partial charge is 0.363 e. The van der Waals surface area contributed by atoms with Gasteiger partial charge in [-0.25, -0.2) is 9.97 Å². The molecule has 2 amide bonds. The Kier molecular flexibility index (Phi) is 6.29. The summed E-state index contributed by atoms with van der Waals surface area (Å²) in [7, 11) is 3.91. The molecule has 0 unspecified atom stereocenters. The van der Waals surface area contributed by atoms with E-state index in [1.807, 2.05) is 34.9 Å². The lowest BCUT2D eigenvalue weighted by atomic mass is 10.0. The van der Waals surface area contributed by atoms with Gasteiger partial charge < -0.3 is 14.7 Å². The van der Waals surface area contributed by atoms with Crippen molar-refractivity contribution in [3.8, 4) is 0 Å². The van der Waals surface area contributed by atoms with Crippen molar-refractivity contribution in [2.75, 3.05) is 45.2 Å². The SMILES string of the molecule is CC(=O)N1CCN(C(=O)C2CCCC2)C[C@H](Cc2cc(N(C)C)ncn2)C1. The maximum atomic E-state index is 13.0. The van der Waals surface area contributed by atoms with Crippen molar-refractivity contribution in [3.63, 3.8) is 0 Å². The molecular formula is C20H31N5O2. The Balaban J connectivity index is 1.74. The summed E-state index contributed by atoms with van der Waals surface area (Å²) in [5, 5.41) is 0. The zero-order valence-corrected chi connectivity index (χ0v) is 16.7. The van der Waals surface area contributed by atoms with Crippen LogP contribution >= 0.6 is 0 Å². The van der Waals surface area contributed by atoms with Crippen LogP contribution < -0.4 is 4.90 Å². The number of hydrogen-bond donors (Lipinski definition) is 0. The molecule has 2 aliphatic rings. The van der Waals surface area contributed by atoms with Crippen LogP contribution in [0.1, 0.15) is 38.3 Å². The van der Waals surface area contributed by atoms with Gasteiger partial charge in [-0.2, -0.15) is 0 Å². The van der Waals surface area contributed by atoms with E-state index in [-0.39, 0.29) is 23.7 Å². The molecule has 1 aliphatic heterocycles. The van der Waals surface area contributed by atoms with Gasteiger partial charge in [-0.15, -0.1) is 0 Å². The van der Waals surface area contributed by atoms with Crippen molar-refractivity contribution in [2.24, 2.45) is 11.8 Å². The zero-order valence-electron chi connectivity index (χ0n) is 16.7. The van der Waals surface area contributed by atoms with Crippen LogP contribution in [0.4, 0.5) is 5.82 Å². The molecule has 148 valence electrons. The van der Waals surface area contributed by atoms with E-state index in [2.05, 4.69) is 9.97 Å². The van der Waals surface area contributed by atoms with E-state index in [0.29, 0.717) is 26.2 Å². The highest BCUT2D eigenvalue weighted by Crippen LogP contribution is 2.28. The van der Waals surface area contributed by atoms with E-state index in [4.69, 9.17) is 0 Å². The van der Waals surface area contributed by atoms with E-state index in [1.54, 1.807) is 13.3 Å². The van der Waals surface area contributed by atoms with Crippen LogP contribution in [0.15, 0.2) is 12.4 Å². The Morgan fingerprint density at radius 1 is 1.11 bits per heavy atom. The first kappa shape index (κ1) is 19.6. The number of carbonyl (C=O) groups excluding carboxylic acids is 2. The van der Waals surface area contributed by atoms with Gasteiger partial charge in [-0.3, -0.25) is 9.59 Å². The number of nitrogens with zero attached hydrogens (tertiary/aromatic N) is 5. The van der Waals surface area contributed by atoms with Gasteiger partial charge in [0.25, 0.3) is 0 Å². The molecule has 1 aromatic heterocycles. The Bertz CT molecular complexity index is 672. The summed E-state index contributed by atoms with van der Waals surface area (Å²) in [6, 6.07) is 1.99. The Labute approximate surface area is 161 Å². The molecule has 1 saturated carbocycles. The predicted molar refractivity (Wildman–Crippen MR) is 104 cm³/mol. The molecule has 1 atom stereocenters. The molecule has 0 bridgehead atoms. The summed E-state index contributed by atoms with van der Waals surface area (Å²) in [6.45, 7) is 4.24. The Hall–Kier alpha value is -2.18. The first-order valence-corrected chi connectivity index (χ1v) is 9.96. The van der Waals surface area contributed by atoms with E-state index in [0.717, 1.165) is 43.6 Å². The predicted octanol–water partition coefficient (Wildman–Crippen LogP) is 1.58. The van der Waals surface area contributed by atoms with Gasteiger partial charge in [0.2, 0.25) is 11.8 Å². The fourth-order valence-corrected chi connectivity index (χ4v) is 4.19. The van der Waals surface area contributed by atoms with Crippen molar-refractivity contribution in [1.82, 2.24) is 19.8 Å². The normalized spacial score (nSPS) is 21.2. The lowest BCUT2D eigenvalue weighted by molar-refractivity contribution is -0.136. The molecule has 0 spiro atoms. The highest BCUT2D eigenvalue weighted by Gasteiger charge is 2.32. The average Bonchev–Trinajstić information content (AvgIpc) is 3.09. The lowest BCUT2D eigenvalue weighted by Gasteiger charge is -2.26. The van der Waals surface area contributed by atoms with E-state index in [1.165, 1.54) is 0 Å². The molecule has 0 N–H and O–H groups in total. The highest BCUT2D eigenvalue weighted by atomic mass is 16.2. The van der Waals surface area contributed by atoms with Crippen LogP contribution in [0.2, 0.25) is 0 Å². The first-order valence-electron chi connectivity index (χ1n) is 9.96. The molecule has 0 radical (unpaired) electrons. The van der Waals surface area contributed by atoms with Crippen molar-refractivity contribution in [1.29, 1.82) is 0 Å². The second kappa shape index (κ2) is 8.67. The number of hydrogen-bond acceptors (Lipinski definition) is 5. The smallest absolute Gasteiger partial charge is 0.225 e. The minimum Gasteiger partial charge on any atom is -0.363 e. The Morgan fingerprint density at radius 2 is 1.78 bits per heavy atom. The second-order valence-electron chi connectivity index (χ2n) is 8.06. The summed E-state index contributed by atoms with van der Waals surface area (Å²) in [5.41, 5.74) is 0.956. The number of rotatable bonds is 4. The molecule has 3 rings (SSSR count). The van der Waals surface area contributed by atoms with E-state index in [9.17, 15) is 9.59 Å². The summed E-state index contributed by atoms with van der Waals surface area (Å²) in [4.78, 5) is 39.5. The zero-order chi connectivity index (χ0) is 19.4. The number of carbonyl (C=O) groups is 2. The van der Waals surface area contributed by atoms with Crippen molar-refractivity contribution >= 4 is 17.6 Å².